The fraction of sp³-hybridized carbons (Fsp3) is 0.500. The normalized spacial score (nSPS) is 28.2. The lowest BCUT2D eigenvalue weighted by atomic mass is 9.84. The predicted molar refractivity (Wildman–Crippen MR) is 69.6 cm³/mol. The molecule has 0 spiro atoms. The van der Waals surface area contributed by atoms with Gasteiger partial charge in [0.05, 0.1) is 0 Å². The van der Waals surface area contributed by atoms with E-state index in [0.717, 1.165) is 12.0 Å². The Morgan fingerprint density at radius 3 is 2.74 bits per heavy atom. The predicted octanol–water partition coefficient (Wildman–Crippen LogP) is 4.99. The zero-order chi connectivity index (χ0) is 13.6. The molecule has 1 saturated carbocycles. The first-order chi connectivity index (χ1) is 9.05. The number of hydrogen-bond donors (Lipinski definition) is 0. The third-order valence-electron chi connectivity index (χ3n) is 4.44. The maximum Gasteiger partial charge on any atom is 0.275 e. The highest BCUT2D eigenvalue weighted by atomic mass is 19.3. The van der Waals surface area contributed by atoms with Crippen LogP contribution in [-0.4, -0.2) is 5.92 Å². The van der Waals surface area contributed by atoms with E-state index in [4.69, 9.17) is 0 Å². The Morgan fingerprint density at radius 1 is 1.26 bits per heavy atom. The maximum atomic E-state index is 14.4. The summed E-state index contributed by atoms with van der Waals surface area (Å²) in [7, 11) is 0. The quantitative estimate of drug-likeness (QED) is 0.707. The minimum Gasteiger partial charge on any atom is -0.206 e. The van der Waals surface area contributed by atoms with Crippen molar-refractivity contribution in [3.63, 3.8) is 0 Å². The second-order valence-electron chi connectivity index (χ2n) is 5.63. The van der Waals surface area contributed by atoms with Gasteiger partial charge in [0.25, 0.3) is 5.92 Å². The van der Waals surface area contributed by atoms with Gasteiger partial charge in [0.15, 0.2) is 0 Å². The van der Waals surface area contributed by atoms with Gasteiger partial charge in [-0.15, -0.1) is 0 Å². The number of fused-ring (bicyclic) bond motifs is 2. The van der Waals surface area contributed by atoms with Crippen LogP contribution in [0.25, 0.3) is 5.83 Å². The van der Waals surface area contributed by atoms with Crippen molar-refractivity contribution < 1.29 is 13.2 Å². The van der Waals surface area contributed by atoms with E-state index in [1.807, 2.05) is 19.1 Å². The van der Waals surface area contributed by atoms with Crippen LogP contribution in [0, 0.1) is 11.8 Å². The van der Waals surface area contributed by atoms with Gasteiger partial charge in [0.2, 0.25) is 0 Å². The first kappa shape index (κ1) is 12.8. The van der Waals surface area contributed by atoms with Gasteiger partial charge in [0.1, 0.15) is 5.83 Å². The lowest BCUT2D eigenvalue weighted by Gasteiger charge is -2.25. The summed E-state index contributed by atoms with van der Waals surface area (Å²) >= 11 is 0. The third-order valence-corrected chi connectivity index (χ3v) is 4.44. The van der Waals surface area contributed by atoms with Gasteiger partial charge < -0.3 is 0 Å². The molecule has 0 radical (unpaired) electrons. The SMILES string of the molecule is CCCC1CC2Cc3ccccc3C(F)=C2C1(F)F. The van der Waals surface area contributed by atoms with Gasteiger partial charge in [-0.1, -0.05) is 37.6 Å². The zero-order valence-electron chi connectivity index (χ0n) is 10.9. The number of benzene rings is 1. The average molecular weight is 266 g/mol. The van der Waals surface area contributed by atoms with Crippen LogP contribution in [-0.2, 0) is 6.42 Å². The molecule has 1 aromatic rings. The molecule has 0 aromatic heterocycles. The largest absolute Gasteiger partial charge is 0.275 e. The Hall–Kier alpha value is -1.25. The number of rotatable bonds is 2. The summed E-state index contributed by atoms with van der Waals surface area (Å²) < 4.78 is 43.2. The van der Waals surface area contributed by atoms with E-state index in [9.17, 15) is 13.2 Å². The molecule has 2 aliphatic carbocycles. The minimum absolute atomic E-state index is 0.232. The number of halogens is 3. The molecule has 0 bridgehead atoms. The molecule has 102 valence electrons. The minimum atomic E-state index is -2.97. The van der Waals surface area contributed by atoms with E-state index in [-0.39, 0.29) is 11.5 Å². The number of alkyl halides is 2. The van der Waals surface area contributed by atoms with Gasteiger partial charge in [-0.2, -0.15) is 0 Å². The van der Waals surface area contributed by atoms with E-state index in [1.165, 1.54) is 0 Å². The molecule has 0 N–H and O–H groups in total. The summed E-state index contributed by atoms with van der Waals surface area (Å²) in [5.74, 6) is -4.66. The van der Waals surface area contributed by atoms with Crippen molar-refractivity contribution in [3.05, 3.63) is 41.0 Å². The highest BCUT2D eigenvalue weighted by Crippen LogP contribution is 2.56. The first-order valence-electron chi connectivity index (χ1n) is 6.92. The highest BCUT2D eigenvalue weighted by Gasteiger charge is 2.55. The molecule has 3 rings (SSSR count). The van der Waals surface area contributed by atoms with Gasteiger partial charge in [-0.25, -0.2) is 13.2 Å². The van der Waals surface area contributed by atoms with Crippen molar-refractivity contribution in [1.29, 1.82) is 0 Å². The molecular weight excluding hydrogens is 249 g/mol. The van der Waals surface area contributed by atoms with Crippen molar-refractivity contribution in [1.82, 2.24) is 0 Å². The molecule has 2 aliphatic rings. The summed E-state index contributed by atoms with van der Waals surface area (Å²) in [5, 5.41) is 0. The molecular formula is C16H17F3. The van der Waals surface area contributed by atoms with Gasteiger partial charge >= 0.3 is 0 Å². The topological polar surface area (TPSA) is 0 Å². The second kappa shape index (κ2) is 4.39. The van der Waals surface area contributed by atoms with Crippen molar-refractivity contribution in [2.45, 2.75) is 38.5 Å². The van der Waals surface area contributed by atoms with Crippen LogP contribution in [0.2, 0.25) is 0 Å². The van der Waals surface area contributed by atoms with Crippen LogP contribution in [0.5, 0.6) is 0 Å². The van der Waals surface area contributed by atoms with Crippen LogP contribution in [0.15, 0.2) is 29.8 Å². The molecule has 0 amide bonds. The Labute approximate surface area is 111 Å². The van der Waals surface area contributed by atoms with Crippen molar-refractivity contribution in [3.8, 4) is 0 Å². The second-order valence-corrected chi connectivity index (χ2v) is 5.63. The summed E-state index contributed by atoms with van der Waals surface area (Å²) in [5.41, 5.74) is 0.997. The highest BCUT2D eigenvalue weighted by molar-refractivity contribution is 5.70. The fourth-order valence-corrected chi connectivity index (χ4v) is 3.58. The lowest BCUT2D eigenvalue weighted by Crippen LogP contribution is -2.26. The van der Waals surface area contributed by atoms with Crippen LogP contribution in [0.4, 0.5) is 13.2 Å². The van der Waals surface area contributed by atoms with Crippen LogP contribution in [0.3, 0.4) is 0 Å². The van der Waals surface area contributed by atoms with E-state index >= 15 is 0 Å². The fourth-order valence-electron chi connectivity index (χ4n) is 3.58. The van der Waals surface area contributed by atoms with Crippen LogP contribution < -0.4 is 0 Å². The van der Waals surface area contributed by atoms with E-state index in [2.05, 4.69) is 0 Å². The average Bonchev–Trinajstić information content (AvgIpc) is 2.62. The van der Waals surface area contributed by atoms with Crippen molar-refractivity contribution in [2.24, 2.45) is 11.8 Å². The Kier molecular flexibility index (Phi) is 2.95. The number of hydrogen-bond acceptors (Lipinski definition) is 0. The Balaban J connectivity index is 2.08. The molecule has 1 fully saturated rings. The molecule has 2 atom stereocenters. The molecule has 1 aromatic carbocycles. The van der Waals surface area contributed by atoms with Gasteiger partial charge in [-0.05, 0) is 30.7 Å². The Morgan fingerprint density at radius 2 is 2.00 bits per heavy atom. The number of allylic oxidation sites excluding steroid dienone is 1. The molecule has 0 nitrogen and oxygen atoms in total. The monoisotopic (exact) mass is 266 g/mol. The summed E-state index contributed by atoms with van der Waals surface area (Å²) in [6.07, 6.45) is 2.15. The summed E-state index contributed by atoms with van der Waals surface area (Å²) in [4.78, 5) is 0. The van der Waals surface area contributed by atoms with Crippen LogP contribution >= 0.6 is 0 Å². The van der Waals surface area contributed by atoms with E-state index in [0.29, 0.717) is 24.8 Å². The Bertz CT molecular complexity index is 531. The van der Waals surface area contributed by atoms with Gasteiger partial charge in [-0.3, -0.25) is 0 Å². The van der Waals surface area contributed by atoms with Crippen molar-refractivity contribution in [2.75, 3.05) is 0 Å². The lowest BCUT2D eigenvalue weighted by molar-refractivity contribution is -0.00561. The molecule has 0 aliphatic heterocycles. The molecule has 0 heterocycles. The zero-order valence-corrected chi connectivity index (χ0v) is 10.9. The smallest absolute Gasteiger partial charge is 0.206 e. The third kappa shape index (κ3) is 1.82. The van der Waals surface area contributed by atoms with Crippen molar-refractivity contribution >= 4 is 5.83 Å². The van der Waals surface area contributed by atoms with Gasteiger partial charge in [0, 0.05) is 17.1 Å². The summed E-state index contributed by atoms with van der Waals surface area (Å²) in [6, 6.07) is 7.00. The molecule has 2 unspecified atom stereocenters. The molecule has 19 heavy (non-hydrogen) atoms. The summed E-state index contributed by atoms with van der Waals surface area (Å²) in [6.45, 7) is 1.90. The standard InChI is InChI=1S/C16H17F3/c1-2-5-12-9-11-8-10-6-3-4-7-13(10)15(17)14(11)16(12,18)19/h3-4,6-7,11-12H,2,5,8-9H2,1H3. The molecule has 3 heteroatoms. The van der Waals surface area contributed by atoms with E-state index in [1.54, 1.807) is 12.1 Å². The van der Waals surface area contributed by atoms with E-state index < -0.39 is 17.7 Å². The van der Waals surface area contributed by atoms with Crippen LogP contribution in [0.1, 0.15) is 37.3 Å². The first-order valence-corrected chi connectivity index (χ1v) is 6.92. The molecule has 0 saturated heterocycles. The maximum absolute atomic E-state index is 14.4.